The summed E-state index contributed by atoms with van der Waals surface area (Å²) in [5.74, 6) is 0.201. The van der Waals surface area contributed by atoms with Crippen LogP contribution in [0.1, 0.15) is 83.0 Å². The van der Waals surface area contributed by atoms with Crippen LogP contribution in [0, 0.1) is 0 Å². The van der Waals surface area contributed by atoms with Crippen LogP contribution in [0.3, 0.4) is 0 Å². The van der Waals surface area contributed by atoms with Crippen LogP contribution in [0.5, 0.6) is 0 Å². The quantitative estimate of drug-likeness (QED) is 0.494. The van der Waals surface area contributed by atoms with Crippen LogP contribution < -0.4 is 10.2 Å². The van der Waals surface area contributed by atoms with Crippen molar-refractivity contribution in [3.05, 3.63) is 101 Å². The molecule has 190 valence electrons. The van der Waals surface area contributed by atoms with Crippen LogP contribution in [-0.2, 0) is 11.3 Å². The van der Waals surface area contributed by atoms with Gasteiger partial charge in [-0.2, -0.15) is 0 Å². The molecule has 2 heterocycles. The second-order valence-corrected chi connectivity index (χ2v) is 10.3. The van der Waals surface area contributed by atoms with Crippen LogP contribution >= 0.6 is 0 Å². The Labute approximate surface area is 218 Å². The predicted molar refractivity (Wildman–Crippen MR) is 145 cm³/mol. The van der Waals surface area contributed by atoms with Crippen LogP contribution in [0.25, 0.3) is 0 Å². The maximum absolute atomic E-state index is 13.5. The number of para-hydroxylation sites is 1. The van der Waals surface area contributed by atoms with E-state index in [1.807, 2.05) is 37.3 Å². The van der Waals surface area contributed by atoms with Crippen molar-refractivity contribution < 1.29 is 14.4 Å². The van der Waals surface area contributed by atoms with E-state index in [0.29, 0.717) is 42.2 Å². The minimum Gasteiger partial charge on any atom is -0.346 e. The van der Waals surface area contributed by atoms with E-state index in [1.54, 1.807) is 28.0 Å². The van der Waals surface area contributed by atoms with E-state index >= 15 is 0 Å². The first-order chi connectivity index (χ1) is 17.8. The zero-order chi connectivity index (χ0) is 26.1. The van der Waals surface area contributed by atoms with Gasteiger partial charge in [0.05, 0.1) is 23.8 Å². The Bertz CT molecular complexity index is 1310. The Morgan fingerprint density at radius 1 is 0.919 bits per heavy atom. The van der Waals surface area contributed by atoms with Gasteiger partial charge < -0.3 is 15.1 Å². The van der Waals surface area contributed by atoms with Crippen molar-refractivity contribution in [2.45, 2.75) is 58.2 Å². The second kappa shape index (κ2) is 10.2. The summed E-state index contributed by atoms with van der Waals surface area (Å²) < 4.78 is 0. The zero-order valence-electron chi connectivity index (χ0n) is 21.6. The third kappa shape index (κ3) is 4.88. The summed E-state index contributed by atoms with van der Waals surface area (Å²) in [7, 11) is 0. The molecule has 0 bridgehead atoms. The maximum Gasteiger partial charge on any atom is 0.256 e. The van der Waals surface area contributed by atoms with Crippen LogP contribution in [-0.4, -0.2) is 35.2 Å². The number of nitrogens with zero attached hydrogens (tertiary/aromatic N) is 2. The van der Waals surface area contributed by atoms with E-state index in [1.165, 1.54) is 5.56 Å². The number of carbonyl (C=O) groups is 3. The molecule has 1 saturated heterocycles. The molecule has 6 heteroatoms. The number of amides is 3. The minimum absolute atomic E-state index is 0.0464. The second-order valence-electron chi connectivity index (χ2n) is 10.3. The van der Waals surface area contributed by atoms with Gasteiger partial charge >= 0.3 is 0 Å². The van der Waals surface area contributed by atoms with Gasteiger partial charge in [0.2, 0.25) is 5.91 Å². The van der Waals surface area contributed by atoms with E-state index in [-0.39, 0.29) is 23.8 Å². The van der Waals surface area contributed by atoms with Gasteiger partial charge in [0, 0.05) is 12.1 Å². The SMILES string of the molecule is CC(C)c1ccc([C@@H](C)NC(=O)c2ccc(CN3C(=O)[C@@H]4CCCN4C(=O)c4ccccc43)cc2)cc1. The molecule has 37 heavy (non-hydrogen) atoms. The van der Waals surface area contributed by atoms with Crippen molar-refractivity contribution in [2.75, 3.05) is 11.4 Å². The van der Waals surface area contributed by atoms with Crippen LogP contribution in [0.4, 0.5) is 5.69 Å². The summed E-state index contributed by atoms with van der Waals surface area (Å²) in [6, 6.07) is 22.5. The molecule has 1 fully saturated rings. The number of benzene rings is 3. The van der Waals surface area contributed by atoms with E-state index in [0.717, 1.165) is 17.5 Å². The fraction of sp³-hybridized carbons (Fsp3) is 0.323. The maximum atomic E-state index is 13.5. The summed E-state index contributed by atoms with van der Waals surface area (Å²) in [5.41, 5.74) is 5.00. The average molecular weight is 496 g/mol. The van der Waals surface area contributed by atoms with Crippen molar-refractivity contribution in [2.24, 2.45) is 0 Å². The molecule has 0 spiro atoms. The first-order valence-corrected chi connectivity index (χ1v) is 13.0. The predicted octanol–water partition coefficient (Wildman–Crippen LogP) is 5.45. The van der Waals surface area contributed by atoms with Gasteiger partial charge in [-0.1, -0.05) is 62.4 Å². The van der Waals surface area contributed by atoms with Crippen LogP contribution in [0.2, 0.25) is 0 Å². The number of hydrogen-bond donors (Lipinski definition) is 1. The van der Waals surface area contributed by atoms with Crippen molar-refractivity contribution in [1.82, 2.24) is 10.2 Å². The van der Waals surface area contributed by atoms with Gasteiger partial charge in [-0.3, -0.25) is 14.4 Å². The number of nitrogens with one attached hydrogen (secondary N) is 1. The highest BCUT2D eigenvalue weighted by atomic mass is 16.2. The smallest absolute Gasteiger partial charge is 0.256 e. The minimum atomic E-state index is -0.416. The molecule has 0 aromatic heterocycles. The largest absolute Gasteiger partial charge is 0.346 e. The lowest BCUT2D eigenvalue weighted by atomic mass is 9.99. The molecule has 2 aliphatic rings. The third-order valence-electron chi connectivity index (χ3n) is 7.50. The molecule has 6 nitrogen and oxygen atoms in total. The molecule has 3 aromatic rings. The van der Waals surface area contributed by atoms with Crippen molar-refractivity contribution in [3.63, 3.8) is 0 Å². The Morgan fingerprint density at radius 2 is 1.59 bits per heavy atom. The van der Waals surface area contributed by atoms with Crippen molar-refractivity contribution >= 4 is 23.4 Å². The summed E-state index contributed by atoms with van der Waals surface area (Å²) in [4.78, 5) is 43.0. The fourth-order valence-corrected chi connectivity index (χ4v) is 5.25. The Morgan fingerprint density at radius 3 is 2.30 bits per heavy atom. The topological polar surface area (TPSA) is 69.7 Å². The summed E-state index contributed by atoms with van der Waals surface area (Å²) in [6.45, 7) is 7.25. The Balaban J connectivity index is 1.30. The summed E-state index contributed by atoms with van der Waals surface area (Å²) >= 11 is 0. The molecule has 3 aromatic carbocycles. The summed E-state index contributed by atoms with van der Waals surface area (Å²) in [6.07, 6.45) is 1.52. The molecular weight excluding hydrogens is 462 g/mol. The standard InChI is InChI=1S/C31H33N3O3/c1-20(2)23-14-16-24(17-15-23)21(3)32-29(35)25-12-10-22(11-13-25)19-34-27-8-5-4-7-26(27)30(36)33-18-6-9-28(33)31(34)37/h4-5,7-8,10-17,20-21,28H,6,9,18-19H2,1-3H3,(H,32,35)/t21-,28+/m1/s1. The number of carbonyl (C=O) groups excluding carboxylic acids is 3. The number of rotatable bonds is 6. The molecular formula is C31H33N3O3. The van der Waals surface area contributed by atoms with Gasteiger partial charge in [-0.25, -0.2) is 0 Å². The Kier molecular flexibility index (Phi) is 6.83. The number of fused-ring (bicyclic) bond motifs is 2. The normalized spacial score (nSPS) is 17.9. The number of hydrogen-bond acceptors (Lipinski definition) is 3. The highest BCUT2D eigenvalue weighted by Crippen LogP contribution is 2.33. The molecule has 5 rings (SSSR count). The molecule has 0 radical (unpaired) electrons. The monoisotopic (exact) mass is 495 g/mol. The molecule has 0 aliphatic carbocycles. The van der Waals surface area contributed by atoms with Gasteiger partial charge in [-0.15, -0.1) is 0 Å². The lowest BCUT2D eigenvalue weighted by Crippen LogP contribution is -2.44. The number of anilines is 1. The molecule has 3 amide bonds. The van der Waals surface area contributed by atoms with Crippen molar-refractivity contribution in [1.29, 1.82) is 0 Å². The molecule has 2 aliphatic heterocycles. The summed E-state index contributed by atoms with van der Waals surface area (Å²) in [5, 5.41) is 3.07. The zero-order valence-corrected chi connectivity index (χ0v) is 21.6. The lowest BCUT2D eigenvalue weighted by Gasteiger charge is -2.26. The van der Waals surface area contributed by atoms with Gasteiger partial charge in [0.1, 0.15) is 6.04 Å². The fourth-order valence-electron chi connectivity index (χ4n) is 5.25. The van der Waals surface area contributed by atoms with Gasteiger partial charge in [0.25, 0.3) is 11.8 Å². The molecule has 0 unspecified atom stereocenters. The highest BCUT2D eigenvalue weighted by Gasteiger charge is 2.41. The average Bonchev–Trinajstić information content (AvgIpc) is 3.39. The van der Waals surface area contributed by atoms with E-state index < -0.39 is 6.04 Å². The van der Waals surface area contributed by atoms with E-state index in [4.69, 9.17) is 0 Å². The third-order valence-corrected chi connectivity index (χ3v) is 7.50. The first kappa shape index (κ1) is 24.8. The van der Waals surface area contributed by atoms with E-state index in [2.05, 4.69) is 43.4 Å². The first-order valence-electron chi connectivity index (χ1n) is 13.0. The van der Waals surface area contributed by atoms with Gasteiger partial charge in [-0.05, 0) is 66.6 Å². The highest BCUT2D eigenvalue weighted by molar-refractivity contribution is 6.11. The van der Waals surface area contributed by atoms with Crippen molar-refractivity contribution in [3.8, 4) is 0 Å². The molecule has 0 saturated carbocycles. The van der Waals surface area contributed by atoms with Crippen LogP contribution in [0.15, 0.2) is 72.8 Å². The Hall–Kier alpha value is -3.93. The molecule has 2 atom stereocenters. The molecule has 1 N–H and O–H groups in total. The lowest BCUT2D eigenvalue weighted by molar-refractivity contribution is -0.122. The van der Waals surface area contributed by atoms with E-state index in [9.17, 15) is 14.4 Å². The van der Waals surface area contributed by atoms with Gasteiger partial charge in [0.15, 0.2) is 0 Å².